The first-order chi connectivity index (χ1) is 7.27. The molecule has 2 rings (SSSR count). The van der Waals surface area contributed by atoms with E-state index < -0.39 is 5.91 Å². The van der Waals surface area contributed by atoms with Gasteiger partial charge in [-0.15, -0.1) is 0 Å². The van der Waals surface area contributed by atoms with E-state index in [-0.39, 0.29) is 17.4 Å². The molecule has 0 fully saturated rings. The second-order valence-corrected chi connectivity index (χ2v) is 2.76. The SMILES string of the molecule is O=C(Nc1ncccc1O)c1ncc[nH]1. The highest BCUT2D eigenvalue weighted by molar-refractivity contribution is 6.01. The maximum Gasteiger partial charge on any atom is 0.292 e. The Hall–Kier alpha value is -2.37. The van der Waals surface area contributed by atoms with Crippen LogP contribution in [-0.4, -0.2) is 26.0 Å². The number of nitrogens with zero attached hydrogens (tertiary/aromatic N) is 2. The van der Waals surface area contributed by atoms with Crippen LogP contribution in [0.5, 0.6) is 5.75 Å². The topological polar surface area (TPSA) is 90.9 Å². The number of carbonyl (C=O) groups is 1. The number of nitrogens with one attached hydrogen (secondary N) is 2. The lowest BCUT2D eigenvalue weighted by molar-refractivity contribution is 0.101. The highest BCUT2D eigenvalue weighted by atomic mass is 16.3. The van der Waals surface area contributed by atoms with Gasteiger partial charge in [0.05, 0.1) is 0 Å². The third kappa shape index (κ3) is 1.93. The minimum atomic E-state index is -0.450. The van der Waals surface area contributed by atoms with Gasteiger partial charge in [-0.1, -0.05) is 0 Å². The van der Waals surface area contributed by atoms with Gasteiger partial charge in [0.1, 0.15) is 0 Å². The fourth-order valence-corrected chi connectivity index (χ4v) is 1.05. The molecule has 0 spiro atoms. The van der Waals surface area contributed by atoms with Gasteiger partial charge < -0.3 is 15.4 Å². The van der Waals surface area contributed by atoms with E-state index >= 15 is 0 Å². The minimum Gasteiger partial charge on any atom is -0.504 e. The summed E-state index contributed by atoms with van der Waals surface area (Å²) in [5.74, 6) is -0.259. The predicted molar refractivity (Wildman–Crippen MR) is 52.4 cm³/mol. The van der Waals surface area contributed by atoms with Crippen molar-refractivity contribution in [1.82, 2.24) is 15.0 Å². The van der Waals surface area contributed by atoms with Crippen molar-refractivity contribution in [1.29, 1.82) is 0 Å². The highest BCUT2D eigenvalue weighted by Gasteiger charge is 2.10. The molecule has 0 aromatic carbocycles. The van der Waals surface area contributed by atoms with Gasteiger partial charge >= 0.3 is 0 Å². The molecule has 0 bridgehead atoms. The van der Waals surface area contributed by atoms with Crippen molar-refractivity contribution in [2.75, 3.05) is 5.32 Å². The van der Waals surface area contributed by atoms with Gasteiger partial charge in [-0.3, -0.25) is 4.79 Å². The lowest BCUT2D eigenvalue weighted by Gasteiger charge is -2.03. The van der Waals surface area contributed by atoms with Crippen molar-refractivity contribution in [3.05, 3.63) is 36.5 Å². The first kappa shape index (κ1) is 9.20. The van der Waals surface area contributed by atoms with E-state index in [4.69, 9.17) is 0 Å². The third-order valence-corrected chi connectivity index (χ3v) is 1.73. The first-order valence-corrected chi connectivity index (χ1v) is 4.22. The number of amides is 1. The van der Waals surface area contributed by atoms with Gasteiger partial charge in [-0.25, -0.2) is 9.97 Å². The molecule has 2 heterocycles. The van der Waals surface area contributed by atoms with Crippen LogP contribution < -0.4 is 5.32 Å². The average molecular weight is 204 g/mol. The predicted octanol–water partition coefficient (Wildman–Crippen LogP) is 0.763. The molecule has 76 valence electrons. The van der Waals surface area contributed by atoms with Gasteiger partial charge in [-0.05, 0) is 12.1 Å². The number of hydrogen-bond acceptors (Lipinski definition) is 4. The highest BCUT2D eigenvalue weighted by Crippen LogP contribution is 2.18. The second kappa shape index (κ2) is 3.79. The summed E-state index contributed by atoms with van der Waals surface area (Å²) in [6, 6.07) is 3.00. The Balaban J connectivity index is 2.17. The fourth-order valence-electron chi connectivity index (χ4n) is 1.05. The van der Waals surface area contributed by atoms with Gasteiger partial charge in [-0.2, -0.15) is 0 Å². The van der Waals surface area contributed by atoms with Crippen LogP contribution in [-0.2, 0) is 0 Å². The Morgan fingerprint density at radius 2 is 2.27 bits per heavy atom. The molecule has 6 nitrogen and oxygen atoms in total. The number of hydrogen-bond donors (Lipinski definition) is 3. The van der Waals surface area contributed by atoms with Crippen molar-refractivity contribution >= 4 is 11.7 Å². The summed E-state index contributed by atoms with van der Waals surface area (Å²) in [6.07, 6.45) is 4.47. The number of aromatic hydroxyl groups is 1. The molecule has 0 atom stereocenters. The molecule has 0 saturated carbocycles. The molecule has 3 N–H and O–H groups in total. The summed E-state index contributed by atoms with van der Waals surface area (Å²) >= 11 is 0. The molecular formula is C9H8N4O2. The zero-order valence-electron chi connectivity index (χ0n) is 7.64. The zero-order chi connectivity index (χ0) is 10.7. The van der Waals surface area contributed by atoms with E-state index in [0.29, 0.717) is 0 Å². The van der Waals surface area contributed by atoms with Crippen molar-refractivity contribution < 1.29 is 9.90 Å². The van der Waals surface area contributed by atoms with E-state index in [1.807, 2.05) is 0 Å². The number of aromatic amines is 1. The largest absolute Gasteiger partial charge is 0.504 e. The standard InChI is InChI=1S/C9H8N4O2/c14-6-2-1-3-10-7(6)13-9(15)8-11-4-5-12-8/h1-5,14H,(H,11,12)(H,10,13,15). The lowest BCUT2D eigenvalue weighted by Crippen LogP contribution is -2.14. The first-order valence-electron chi connectivity index (χ1n) is 4.22. The van der Waals surface area contributed by atoms with Crippen LogP contribution in [0.3, 0.4) is 0 Å². The van der Waals surface area contributed by atoms with E-state index in [1.54, 1.807) is 6.07 Å². The summed E-state index contributed by atoms with van der Waals surface area (Å²) in [5.41, 5.74) is 0. The molecule has 0 unspecified atom stereocenters. The number of aromatic nitrogens is 3. The molecule has 0 radical (unpaired) electrons. The van der Waals surface area contributed by atoms with E-state index in [1.165, 1.54) is 24.7 Å². The Kier molecular flexibility index (Phi) is 2.32. The van der Waals surface area contributed by atoms with E-state index in [2.05, 4.69) is 20.3 Å². The smallest absolute Gasteiger partial charge is 0.292 e. The molecule has 15 heavy (non-hydrogen) atoms. The van der Waals surface area contributed by atoms with Gasteiger partial charge in [0.15, 0.2) is 17.4 Å². The van der Waals surface area contributed by atoms with Crippen LogP contribution in [0.2, 0.25) is 0 Å². The number of rotatable bonds is 2. The van der Waals surface area contributed by atoms with Crippen molar-refractivity contribution in [3.8, 4) is 5.75 Å². The van der Waals surface area contributed by atoms with E-state index in [9.17, 15) is 9.90 Å². The van der Waals surface area contributed by atoms with E-state index in [0.717, 1.165) is 0 Å². The number of H-pyrrole nitrogens is 1. The molecule has 0 aliphatic carbocycles. The molecule has 2 aromatic heterocycles. The van der Waals surface area contributed by atoms with Crippen LogP contribution in [0, 0.1) is 0 Å². The van der Waals surface area contributed by atoms with Crippen molar-refractivity contribution in [2.45, 2.75) is 0 Å². The molecule has 2 aromatic rings. The Morgan fingerprint density at radius 3 is 2.93 bits per heavy atom. The van der Waals surface area contributed by atoms with Crippen LogP contribution in [0.4, 0.5) is 5.82 Å². The molecule has 0 aliphatic heterocycles. The molecule has 6 heteroatoms. The average Bonchev–Trinajstić information content (AvgIpc) is 2.74. The maximum absolute atomic E-state index is 11.5. The Labute approximate surface area is 85.0 Å². The number of carbonyl (C=O) groups excluding carboxylic acids is 1. The maximum atomic E-state index is 11.5. The normalized spacial score (nSPS) is 9.87. The summed E-state index contributed by atoms with van der Waals surface area (Å²) in [6.45, 7) is 0. The van der Waals surface area contributed by atoms with Gasteiger partial charge in [0, 0.05) is 18.6 Å². The molecule has 0 saturated heterocycles. The molecule has 1 amide bonds. The lowest BCUT2D eigenvalue weighted by atomic mass is 10.4. The fraction of sp³-hybridized carbons (Fsp3) is 0. The Bertz CT molecular complexity index is 467. The Morgan fingerprint density at radius 1 is 1.40 bits per heavy atom. The quantitative estimate of drug-likeness (QED) is 0.673. The van der Waals surface area contributed by atoms with Crippen LogP contribution >= 0.6 is 0 Å². The van der Waals surface area contributed by atoms with Crippen molar-refractivity contribution in [2.24, 2.45) is 0 Å². The van der Waals surface area contributed by atoms with Crippen LogP contribution in [0.25, 0.3) is 0 Å². The zero-order valence-corrected chi connectivity index (χ0v) is 7.64. The van der Waals surface area contributed by atoms with Crippen LogP contribution in [0.15, 0.2) is 30.7 Å². The van der Waals surface area contributed by atoms with Gasteiger partial charge in [0.25, 0.3) is 5.91 Å². The number of anilines is 1. The monoisotopic (exact) mass is 204 g/mol. The summed E-state index contributed by atoms with van der Waals surface area (Å²) in [7, 11) is 0. The van der Waals surface area contributed by atoms with Crippen LogP contribution in [0.1, 0.15) is 10.6 Å². The third-order valence-electron chi connectivity index (χ3n) is 1.73. The summed E-state index contributed by atoms with van der Waals surface area (Å²) in [4.78, 5) is 21.7. The minimum absolute atomic E-state index is 0.0857. The summed E-state index contributed by atoms with van der Waals surface area (Å²) in [5, 5.41) is 11.8. The molecular weight excluding hydrogens is 196 g/mol. The number of pyridine rings is 1. The van der Waals surface area contributed by atoms with Gasteiger partial charge in [0.2, 0.25) is 0 Å². The second-order valence-electron chi connectivity index (χ2n) is 2.76. The summed E-state index contributed by atoms with van der Waals surface area (Å²) < 4.78 is 0. The van der Waals surface area contributed by atoms with Crippen molar-refractivity contribution in [3.63, 3.8) is 0 Å². The number of imidazole rings is 1. The molecule has 0 aliphatic rings.